The highest BCUT2D eigenvalue weighted by molar-refractivity contribution is 7.84. The molecule has 1 rings (SSSR count). The first kappa shape index (κ1) is 13.6. The average molecular weight is 264 g/mol. The zero-order chi connectivity index (χ0) is 12.1. The molecule has 0 radical (unpaired) electrons. The van der Waals surface area contributed by atoms with Crippen molar-refractivity contribution in [2.75, 3.05) is 12.0 Å². The number of benzene rings is 1. The Morgan fingerprint density at radius 3 is 2.81 bits per heavy atom. The Bertz CT molecular complexity index is 386. The molecule has 0 saturated carbocycles. The molecule has 0 spiro atoms. The first-order chi connectivity index (χ1) is 7.49. The minimum Gasteiger partial charge on any atom is -0.309 e. The van der Waals surface area contributed by atoms with Gasteiger partial charge >= 0.3 is 0 Å². The van der Waals surface area contributed by atoms with Crippen LogP contribution >= 0.6 is 11.6 Å². The number of halogens is 2. The lowest BCUT2D eigenvalue weighted by molar-refractivity contribution is 0.585. The van der Waals surface area contributed by atoms with Gasteiger partial charge in [0.05, 0.1) is 5.02 Å². The van der Waals surface area contributed by atoms with Crippen LogP contribution in [0, 0.1) is 5.82 Å². The van der Waals surface area contributed by atoms with Crippen molar-refractivity contribution in [2.45, 2.75) is 19.5 Å². The van der Waals surface area contributed by atoms with Crippen LogP contribution in [0.3, 0.4) is 0 Å². The van der Waals surface area contributed by atoms with Crippen LogP contribution in [0.1, 0.15) is 12.5 Å². The minimum atomic E-state index is -0.810. The van der Waals surface area contributed by atoms with E-state index in [4.69, 9.17) is 11.6 Å². The number of nitrogens with one attached hydrogen (secondary N) is 1. The quantitative estimate of drug-likeness (QED) is 0.884. The summed E-state index contributed by atoms with van der Waals surface area (Å²) in [7, 11) is -0.810. The molecule has 2 atom stereocenters. The highest BCUT2D eigenvalue weighted by Gasteiger charge is 2.05. The molecular weight excluding hydrogens is 249 g/mol. The van der Waals surface area contributed by atoms with Gasteiger partial charge in [-0.2, -0.15) is 0 Å². The van der Waals surface area contributed by atoms with Crippen LogP contribution in [-0.4, -0.2) is 22.3 Å². The van der Waals surface area contributed by atoms with E-state index in [-0.39, 0.29) is 11.1 Å². The van der Waals surface area contributed by atoms with Gasteiger partial charge in [0.15, 0.2) is 0 Å². The predicted molar refractivity (Wildman–Crippen MR) is 66.6 cm³/mol. The van der Waals surface area contributed by atoms with Crippen LogP contribution in [0.5, 0.6) is 0 Å². The molecular formula is C11H15ClFNOS. The molecule has 0 saturated heterocycles. The summed E-state index contributed by atoms with van der Waals surface area (Å²) in [5.74, 6) is 0.197. The van der Waals surface area contributed by atoms with Crippen LogP contribution < -0.4 is 5.32 Å². The fourth-order valence-corrected chi connectivity index (χ4v) is 2.38. The predicted octanol–water partition coefficient (Wildman–Crippen LogP) is 2.34. The van der Waals surface area contributed by atoms with Crippen molar-refractivity contribution >= 4 is 22.4 Å². The van der Waals surface area contributed by atoms with Crippen LogP contribution in [0.15, 0.2) is 18.2 Å². The largest absolute Gasteiger partial charge is 0.309 e. The molecule has 0 aliphatic rings. The van der Waals surface area contributed by atoms with E-state index < -0.39 is 16.6 Å². The van der Waals surface area contributed by atoms with Crippen molar-refractivity contribution in [3.05, 3.63) is 34.6 Å². The van der Waals surface area contributed by atoms with Crippen molar-refractivity contribution in [3.8, 4) is 0 Å². The summed E-state index contributed by atoms with van der Waals surface area (Å²) >= 11 is 5.66. The lowest BCUT2D eigenvalue weighted by Gasteiger charge is -2.12. The normalized spacial score (nSPS) is 14.8. The Labute approximate surface area is 103 Å². The van der Waals surface area contributed by atoms with Gasteiger partial charge in [-0.3, -0.25) is 4.21 Å². The second kappa shape index (κ2) is 6.33. The van der Waals surface area contributed by atoms with Crippen LogP contribution in [0.4, 0.5) is 4.39 Å². The summed E-state index contributed by atoms with van der Waals surface area (Å²) in [6, 6.07) is 4.79. The third kappa shape index (κ3) is 4.60. The van der Waals surface area contributed by atoms with Crippen LogP contribution in [0.2, 0.25) is 5.02 Å². The topological polar surface area (TPSA) is 29.1 Å². The van der Waals surface area contributed by atoms with Gasteiger partial charge in [0, 0.05) is 35.4 Å². The molecule has 2 unspecified atom stereocenters. The van der Waals surface area contributed by atoms with Crippen molar-refractivity contribution in [3.63, 3.8) is 0 Å². The van der Waals surface area contributed by atoms with E-state index in [0.29, 0.717) is 12.3 Å². The maximum absolute atomic E-state index is 12.9. The lowest BCUT2D eigenvalue weighted by Crippen LogP contribution is -2.30. The number of hydrogen-bond acceptors (Lipinski definition) is 2. The van der Waals surface area contributed by atoms with E-state index in [9.17, 15) is 8.60 Å². The van der Waals surface area contributed by atoms with E-state index in [2.05, 4.69) is 5.32 Å². The molecule has 0 fully saturated rings. The van der Waals surface area contributed by atoms with Gasteiger partial charge in [0.2, 0.25) is 0 Å². The fraction of sp³-hybridized carbons (Fsp3) is 0.455. The first-order valence-corrected chi connectivity index (χ1v) is 7.07. The minimum absolute atomic E-state index is 0.131. The molecule has 0 bridgehead atoms. The van der Waals surface area contributed by atoms with Gasteiger partial charge in [-0.1, -0.05) is 17.7 Å². The Kier molecular flexibility index (Phi) is 5.38. The van der Waals surface area contributed by atoms with Gasteiger partial charge < -0.3 is 5.32 Å². The Hall–Kier alpha value is -0.450. The third-order valence-corrected chi connectivity index (χ3v) is 3.38. The summed E-state index contributed by atoms with van der Waals surface area (Å²) in [5.41, 5.74) is 0.917. The molecule has 2 nitrogen and oxygen atoms in total. The van der Waals surface area contributed by atoms with Crippen molar-refractivity contribution in [1.82, 2.24) is 5.32 Å². The van der Waals surface area contributed by atoms with Crippen molar-refractivity contribution < 1.29 is 8.60 Å². The van der Waals surface area contributed by atoms with Crippen molar-refractivity contribution in [1.29, 1.82) is 0 Å². The fourth-order valence-electron chi connectivity index (χ4n) is 1.35. The monoisotopic (exact) mass is 263 g/mol. The van der Waals surface area contributed by atoms with Crippen LogP contribution in [-0.2, 0) is 17.3 Å². The summed E-state index contributed by atoms with van der Waals surface area (Å²) in [6.07, 6.45) is 1.67. The zero-order valence-electron chi connectivity index (χ0n) is 9.30. The van der Waals surface area contributed by atoms with Gasteiger partial charge in [0.1, 0.15) is 5.82 Å². The highest BCUT2D eigenvalue weighted by atomic mass is 35.5. The molecule has 1 N–H and O–H groups in total. The molecule has 1 aromatic carbocycles. The Morgan fingerprint density at radius 2 is 2.25 bits per heavy atom. The summed E-state index contributed by atoms with van der Waals surface area (Å²) in [6.45, 7) is 2.56. The second-order valence-electron chi connectivity index (χ2n) is 3.77. The standard InChI is InChI=1S/C11H15ClFNOS/c1-8(7-16(2)15)14-6-9-3-4-11(13)10(12)5-9/h3-5,8,14H,6-7H2,1-2H3. The highest BCUT2D eigenvalue weighted by Crippen LogP contribution is 2.15. The molecule has 0 aromatic heterocycles. The van der Waals surface area contributed by atoms with Gasteiger partial charge in [-0.25, -0.2) is 4.39 Å². The average Bonchev–Trinajstić information content (AvgIpc) is 2.19. The van der Waals surface area contributed by atoms with Gasteiger partial charge in [0.25, 0.3) is 0 Å². The second-order valence-corrected chi connectivity index (χ2v) is 5.66. The van der Waals surface area contributed by atoms with E-state index in [1.54, 1.807) is 18.4 Å². The lowest BCUT2D eigenvalue weighted by atomic mass is 10.2. The van der Waals surface area contributed by atoms with Gasteiger partial charge in [-0.05, 0) is 24.6 Å². The first-order valence-electron chi connectivity index (χ1n) is 4.96. The Morgan fingerprint density at radius 1 is 1.56 bits per heavy atom. The van der Waals surface area contributed by atoms with Gasteiger partial charge in [-0.15, -0.1) is 0 Å². The number of rotatable bonds is 5. The van der Waals surface area contributed by atoms with E-state index in [0.717, 1.165) is 5.56 Å². The molecule has 5 heteroatoms. The zero-order valence-corrected chi connectivity index (χ0v) is 10.9. The maximum Gasteiger partial charge on any atom is 0.141 e. The molecule has 1 aromatic rings. The maximum atomic E-state index is 12.9. The summed E-state index contributed by atoms with van der Waals surface area (Å²) in [5, 5.41) is 3.33. The smallest absolute Gasteiger partial charge is 0.141 e. The molecule has 0 aliphatic carbocycles. The van der Waals surface area contributed by atoms with E-state index >= 15 is 0 Å². The van der Waals surface area contributed by atoms with Crippen molar-refractivity contribution in [2.24, 2.45) is 0 Å². The van der Waals surface area contributed by atoms with E-state index in [1.807, 2.05) is 6.92 Å². The summed E-state index contributed by atoms with van der Waals surface area (Å²) in [4.78, 5) is 0. The molecule has 0 heterocycles. The molecule has 0 aliphatic heterocycles. The van der Waals surface area contributed by atoms with Crippen LogP contribution in [0.25, 0.3) is 0 Å². The molecule has 16 heavy (non-hydrogen) atoms. The summed E-state index contributed by atoms with van der Waals surface area (Å²) < 4.78 is 23.8. The molecule has 0 amide bonds. The SMILES string of the molecule is CC(CS(C)=O)NCc1ccc(F)c(Cl)c1. The van der Waals surface area contributed by atoms with E-state index in [1.165, 1.54) is 6.07 Å². The Balaban J connectivity index is 2.48. The number of hydrogen-bond donors (Lipinski definition) is 1. The third-order valence-electron chi connectivity index (χ3n) is 2.12. The molecule has 90 valence electrons.